The zero-order valence-electron chi connectivity index (χ0n) is 13.0. The van der Waals surface area contributed by atoms with Crippen LogP contribution in [0.5, 0.6) is 0 Å². The molecule has 0 aliphatic heterocycles. The van der Waals surface area contributed by atoms with Crippen LogP contribution in [0.1, 0.15) is 54.8 Å². The summed E-state index contributed by atoms with van der Waals surface area (Å²) in [5.41, 5.74) is 1.51. The molecule has 1 amide bonds. The first kappa shape index (κ1) is 13.8. The first-order valence-electron chi connectivity index (χ1n) is 8.51. The molecule has 1 N–H and O–H groups in total. The summed E-state index contributed by atoms with van der Waals surface area (Å²) < 4.78 is 5.14. The molecule has 0 atom stereocenters. The van der Waals surface area contributed by atoms with Crippen molar-refractivity contribution in [3.63, 3.8) is 0 Å². The molecule has 4 fully saturated rings. The van der Waals surface area contributed by atoms with Crippen molar-refractivity contribution in [3.8, 4) is 0 Å². The van der Waals surface area contributed by atoms with Crippen LogP contribution in [0, 0.1) is 17.8 Å². The third-order valence-corrected chi connectivity index (χ3v) is 6.81. The van der Waals surface area contributed by atoms with Gasteiger partial charge in [0.05, 0.1) is 12.0 Å². The van der Waals surface area contributed by atoms with E-state index in [1.165, 1.54) is 61.8 Å². The van der Waals surface area contributed by atoms with Crippen LogP contribution in [0.15, 0.2) is 28.2 Å². The fourth-order valence-corrected chi connectivity index (χ4v) is 6.39. The van der Waals surface area contributed by atoms with Gasteiger partial charge in [0.15, 0.2) is 10.9 Å². The van der Waals surface area contributed by atoms with Gasteiger partial charge in [0.25, 0.3) is 5.91 Å². The second-order valence-electron chi connectivity index (χ2n) is 7.67. The highest BCUT2D eigenvalue weighted by Crippen LogP contribution is 2.60. The highest BCUT2D eigenvalue weighted by molar-refractivity contribution is 7.14. The van der Waals surface area contributed by atoms with Gasteiger partial charge in [-0.1, -0.05) is 0 Å². The molecule has 23 heavy (non-hydrogen) atoms. The van der Waals surface area contributed by atoms with E-state index in [0.717, 1.165) is 17.8 Å². The third kappa shape index (κ3) is 2.24. The third-order valence-electron chi connectivity index (χ3n) is 6.05. The molecule has 6 rings (SSSR count). The van der Waals surface area contributed by atoms with Crippen molar-refractivity contribution >= 4 is 22.4 Å². The van der Waals surface area contributed by atoms with Gasteiger partial charge in [-0.25, -0.2) is 4.98 Å². The van der Waals surface area contributed by atoms with E-state index in [-0.39, 0.29) is 5.91 Å². The maximum Gasteiger partial charge on any atom is 0.293 e. The molecule has 0 radical (unpaired) electrons. The van der Waals surface area contributed by atoms with Crippen LogP contribution >= 0.6 is 11.3 Å². The first-order chi connectivity index (χ1) is 11.2. The van der Waals surface area contributed by atoms with E-state index in [4.69, 9.17) is 9.40 Å². The number of rotatable bonds is 3. The predicted molar refractivity (Wildman–Crippen MR) is 88.6 cm³/mol. The van der Waals surface area contributed by atoms with Crippen molar-refractivity contribution in [2.75, 3.05) is 5.32 Å². The summed E-state index contributed by atoms with van der Waals surface area (Å²) in [4.78, 5) is 16.9. The average Bonchev–Trinajstić information content (AvgIpc) is 3.17. The van der Waals surface area contributed by atoms with Crippen LogP contribution in [0.25, 0.3) is 0 Å². The largest absolute Gasteiger partial charge is 0.459 e. The molecule has 0 aromatic carbocycles. The summed E-state index contributed by atoms with van der Waals surface area (Å²) in [7, 11) is 0. The highest BCUT2D eigenvalue weighted by atomic mass is 32.1. The Labute approximate surface area is 139 Å². The van der Waals surface area contributed by atoms with Crippen molar-refractivity contribution < 1.29 is 9.21 Å². The predicted octanol–water partition coefficient (Wildman–Crippen LogP) is 4.46. The molecule has 4 aliphatic carbocycles. The summed E-state index contributed by atoms with van der Waals surface area (Å²) in [6, 6.07) is 3.39. The van der Waals surface area contributed by atoms with Gasteiger partial charge in [-0.3, -0.25) is 10.1 Å². The minimum absolute atomic E-state index is 0.221. The number of anilines is 1. The number of nitrogens with zero attached hydrogens (tertiary/aromatic N) is 1. The van der Waals surface area contributed by atoms with E-state index >= 15 is 0 Å². The lowest BCUT2D eigenvalue weighted by Crippen LogP contribution is -2.48. The van der Waals surface area contributed by atoms with Gasteiger partial charge in [-0.2, -0.15) is 0 Å². The monoisotopic (exact) mass is 328 g/mol. The molecule has 120 valence electrons. The Morgan fingerprint density at radius 3 is 2.52 bits per heavy atom. The van der Waals surface area contributed by atoms with Gasteiger partial charge in [0.1, 0.15) is 0 Å². The number of thiazole rings is 1. The molecule has 4 bridgehead atoms. The maximum absolute atomic E-state index is 12.1. The van der Waals surface area contributed by atoms with Crippen LogP contribution in [0.4, 0.5) is 5.13 Å². The standard InChI is InChI=1S/C18H20N2O2S/c21-16(14-2-1-3-22-14)20-17-19-15(10-23-17)18-7-11-4-12(8-18)6-13(5-11)9-18/h1-3,10-13H,4-9H2,(H,19,20,21). The molecule has 2 heterocycles. The summed E-state index contributed by atoms with van der Waals surface area (Å²) in [6.45, 7) is 0. The van der Waals surface area contributed by atoms with Gasteiger partial charge in [-0.05, 0) is 68.4 Å². The zero-order chi connectivity index (χ0) is 15.4. The number of carbonyl (C=O) groups is 1. The number of carbonyl (C=O) groups excluding carboxylic acids is 1. The molecule has 4 saturated carbocycles. The Morgan fingerprint density at radius 1 is 1.22 bits per heavy atom. The maximum atomic E-state index is 12.1. The van der Waals surface area contributed by atoms with Crippen LogP contribution < -0.4 is 5.32 Å². The van der Waals surface area contributed by atoms with Gasteiger partial charge in [0, 0.05) is 10.8 Å². The lowest BCUT2D eigenvalue weighted by Gasteiger charge is -2.56. The Kier molecular flexibility index (Phi) is 2.96. The SMILES string of the molecule is O=C(Nc1nc(C23CC4CC(CC(C4)C2)C3)cs1)c1ccco1. The summed E-state index contributed by atoms with van der Waals surface area (Å²) in [5.74, 6) is 2.83. The molecule has 0 saturated heterocycles. The second-order valence-corrected chi connectivity index (χ2v) is 8.53. The van der Waals surface area contributed by atoms with Crippen LogP contribution in [0.3, 0.4) is 0 Å². The molecule has 0 unspecified atom stereocenters. The van der Waals surface area contributed by atoms with Gasteiger partial charge in [-0.15, -0.1) is 11.3 Å². The number of hydrogen-bond donors (Lipinski definition) is 1. The lowest BCUT2D eigenvalue weighted by molar-refractivity contribution is -0.00688. The molecule has 2 aromatic rings. The van der Waals surface area contributed by atoms with Crippen molar-refractivity contribution in [3.05, 3.63) is 35.2 Å². The number of amides is 1. The summed E-state index contributed by atoms with van der Waals surface area (Å²) >= 11 is 1.54. The first-order valence-corrected chi connectivity index (χ1v) is 9.39. The van der Waals surface area contributed by atoms with Crippen molar-refractivity contribution in [2.45, 2.75) is 43.9 Å². The number of nitrogens with one attached hydrogen (secondary N) is 1. The highest BCUT2D eigenvalue weighted by Gasteiger charge is 2.52. The Morgan fingerprint density at radius 2 is 1.91 bits per heavy atom. The number of furan rings is 1. The quantitative estimate of drug-likeness (QED) is 0.905. The molecular weight excluding hydrogens is 308 g/mol. The Balaban J connectivity index is 1.38. The van der Waals surface area contributed by atoms with E-state index in [1.807, 2.05) is 0 Å². The number of hydrogen-bond acceptors (Lipinski definition) is 4. The van der Waals surface area contributed by atoms with Crippen LogP contribution in [-0.4, -0.2) is 10.9 Å². The normalized spacial score (nSPS) is 34.7. The van der Waals surface area contributed by atoms with Gasteiger partial charge >= 0.3 is 0 Å². The van der Waals surface area contributed by atoms with E-state index in [2.05, 4.69) is 10.7 Å². The Bertz CT molecular complexity index is 699. The topological polar surface area (TPSA) is 55.1 Å². The van der Waals surface area contributed by atoms with Gasteiger partial charge in [0.2, 0.25) is 0 Å². The zero-order valence-corrected chi connectivity index (χ0v) is 13.8. The smallest absolute Gasteiger partial charge is 0.293 e. The van der Waals surface area contributed by atoms with E-state index in [9.17, 15) is 4.79 Å². The van der Waals surface area contributed by atoms with Crippen molar-refractivity contribution in [2.24, 2.45) is 17.8 Å². The van der Waals surface area contributed by atoms with Crippen LogP contribution in [0.2, 0.25) is 0 Å². The fraction of sp³-hybridized carbons (Fsp3) is 0.556. The van der Waals surface area contributed by atoms with Crippen LogP contribution in [-0.2, 0) is 5.41 Å². The van der Waals surface area contributed by atoms with E-state index < -0.39 is 0 Å². The molecule has 2 aromatic heterocycles. The molecule has 5 heteroatoms. The molecule has 4 nitrogen and oxygen atoms in total. The van der Waals surface area contributed by atoms with E-state index in [1.54, 1.807) is 12.1 Å². The van der Waals surface area contributed by atoms with Crippen molar-refractivity contribution in [1.82, 2.24) is 4.98 Å². The Hall–Kier alpha value is -1.62. The average molecular weight is 328 g/mol. The number of aromatic nitrogens is 1. The molecule has 0 spiro atoms. The fourth-order valence-electron chi connectivity index (χ4n) is 5.57. The summed E-state index contributed by atoms with van der Waals surface area (Å²) in [5, 5.41) is 5.73. The molecular formula is C18H20N2O2S. The van der Waals surface area contributed by atoms with Crippen molar-refractivity contribution in [1.29, 1.82) is 0 Å². The minimum Gasteiger partial charge on any atom is -0.459 e. The van der Waals surface area contributed by atoms with Gasteiger partial charge < -0.3 is 4.42 Å². The molecule has 4 aliphatic rings. The van der Waals surface area contributed by atoms with E-state index in [0.29, 0.717) is 16.3 Å². The second kappa shape index (κ2) is 4.94. The lowest BCUT2D eigenvalue weighted by atomic mass is 9.49. The minimum atomic E-state index is -0.221. The summed E-state index contributed by atoms with van der Waals surface area (Å²) in [6.07, 6.45) is 9.72.